The van der Waals surface area contributed by atoms with Crippen molar-refractivity contribution in [2.24, 2.45) is 4.99 Å². The maximum Gasteiger partial charge on any atom is 0.417 e. The van der Waals surface area contributed by atoms with Crippen molar-refractivity contribution in [1.29, 1.82) is 0 Å². The van der Waals surface area contributed by atoms with E-state index in [9.17, 15) is 23.1 Å². The maximum absolute atomic E-state index is 12.5. The fraction of sp³-hybridized carbons (Fsp3) is 0.0769. The molecule has 0 amide bonds. The number of halogens is 4. The quantitative estimate of drug-likeness (QED) is 0.670. The van der Waals surface area contributed by atoms with E-state index in [0.29, 0.717) is 12.3 Å². The lowest BCUT2D eigenvalue weighted by Gasteiger charge is -2.10. The van der Waals surface area contributed by atoms with Gasteiger partial charge in [0.15, 0.2) is 5.75 Å². The Morgan fingerprint density at radius 1 is 1.33 bits per heavy atom. The number of aliphatic imine (C=N–C) groups is 1. The minimum Gasteiger partial charge on any atom is -0.505 e. The van der Waals surface area contributed by atoms with Crippen LogP contribution in [0.4, 0.5) is 18.9 Å². The molecule has 1 heterocycles. The molecule has 2 aromatic rings. The molecule has 2 rings (SSSR count). The van der Waals surface area contributed by atoms with Crippen LogP contribution in [-0.4, -0.2) is 16.2 Å². The fourth-order valence-corrected chi connectivity index (χ4v) is 1.92. The van der Waals surface area contributed by atoms with Crippen molar-refractivity contribution in [2.75, 3.05) is 0 Å². The van der Waals surface area contributed by atoms with Crippen molar-refractivity contribution >= 4 is 23.4 Å². The van der Waals surface area contributed by atoms with Gasteiger partial charge < -0.3 is 5.11 Å². The van der Waals surface area contributed by atoms with Crippen LogP contribution in [0.1, 0.15) is 5.56 Å². The molecule has 0 aliphatic rings. The van der Waals surface area contributed by atoms with E-state index in [4.69, 9.17) is 11.6 Å². The molecule has 4 nitrogen and oxygen atoms in total. The van der Waals surface area contributed by atoms with Gasteiger partial charge in [0.05, 0.1) is 16.3 Å². The van der Waals surface area contributed by atoms with E-state index in [1.807, 2.05) is 0 Å². The molecule has 1 aromatic heterocycles. The van der Waals surface area contributed by atoms with Crippen LogP contribution in [0.5, 0.6) is 5.75 Å². The van der Waals surface area contributed by atoms with Gasteiger partial charge in [-0.1, -0.05) is 17.7 Å². The zero-order valence-corrected chi connectivity index (χ0v) is 10.9. The average molecular weight is 315 g/mol. The molecule has 0 radical (unpaired) electrons. The highest BCUT2D eigenvalue weighted by Crippen LogP contribution is 2.40. The van der Waals surface area contributed by atoms with Crippen LogP contribution in [0.15, 0.2) is 35.5 Å². The molecule has 108 valence electrons. The first-order valence-electron chi connectivity index (χ1n) is 5.47. The highest BCUT2D eigenvalue weighted by atomic mass is 35.5. The van der Waals surface area contributed by atoms with Crippen LogP contribution in [0, 0.1) is 0 Å². The zero-order valence-electron chi connectivity index (χ0n) is 10.1. The molecule has 0 fully saturated rings. The highest BCUT2D eigenvalue weighted by Gasteiger charge is 2.31. The first kappa shape index (κ1) is 15.0. The van der Waals surface area contributed by atoms with Crippen molar-refractivity contribution < 1.29 is 23.1 Å². The number of hydrogen-bond acceptors (Lipinski definition) is 4. The smallest absolute Gasteiger partial charge is 0.417 e. The number of isocyanates is 1. The van der Waals surface area contributed by atoms with Crippen LogP contribution in [0.2, 0.25) is 5.02 Å². The number of pyridine rings is 1. The van der Waals surface area contributed by atoms with Gasteiger partial charge in [0.25, 0.3) is 0 Å². The van der Waals surface area contributed by atoms with Crippen LogP contribution < -0.4 is 0 Å². The second-order valence-electron chi connectivity index (χ2n) is 3.93. The number of nitrogens with zero attached hydrogens (tertiary/aromatic N) is 2. The summed E-state index contributed by atoms with van der Waals surface area (Å²) in [6, 6.07) is 4.88. The predicted molar refractivity (Wildman–Crippen MR) is 69.1 cm³/mol. The van der Waals surface area contributed by atoms with Crippen molar-refractivity contribution in [3.8, 4) is 17.0 Å². The summed E-state index contributed by atoms with van der Waals surface area (Å²) in [6.45, 7) is 0. The summed E-state index contributed by atoms with van der Waals surface area (Å²) >= 11 is 5.79. The summed E-state index contributed by atoms with van der Waals surface area (Å²) in [7, 11) is 0. The SMILES string of the molecule is O=C=Nc1cccc(-c2ncc(C(F)(F)F)cc2Cl)c1O. The largest absolute Gasteiger partial charge is 0.505 e. The van der Waals surface area contributed by atoms with E-state index in [0.717, 1.165) is 0 Å². The van der Waals surface area contributed by atoms with E-state index in [2.05, 4.69) is 9.98 Å². The first-order valence-corrected chi connectivity index (χ1v) is 5.85. The van der Waals surface area contributed by atoms with E-state index < -0.39 is 17.5 Å². The van der Waals surface area contributed by atoms with Gasteiger partial charge in [0.1, 0.15) is 5.69 Å². The Kier molecular flexibility index (Phi) is 3.97. The predicted octanol–water partition coefficient (Wildman–Crippen LogP) is 4.09. The van der Waals surface area contributed by atoms with Gasteiger partial charge in [0.2, 0.25) is 6.08 Å². The van der Waals surface area contributed by atoms with E-state index in [1.165, 1.54) is 24.3 Å². The topological polar surface area (TPSA) is 62.5 Å². The normalized spacial score (nSPS) is 11.0. The Balaban J connectivity index is 2.58. The lowest BCUT2D eigenvalue weighted by Crippen LogP contribution is -2.05. The molecule has 0 aliphatic heterocycles. The number of benzene rings is 1. The summed E-state index contributed by atoms with van der Waals surface area (Å²) in [5.74, 6) is -0.421. The van der Waals surface area contributed by atoms with Crippen molar-refractivity contribution in [3.05, 3.63) is 41.0 Å². The number of hydrogen-bond donors (Lipinski definition) is 1. The summed E-state index contributed by atoms with van der Waals surface area (Å²) in [6.07, 6.45) is -2.70. The maximum atomic E-state index is 12.5. The van der Waals surface area contributed by atoms with Gasteiger partial charge in [-0.15, -0.1) is 0 Å². The molecule has 21 heavy (non-hydrogen) atoms. The molecule has 8 heteroatoms. The molecule has 0 saturated heterocycles. The van der Waals surface area contributed by atoms with Gasteiger partial charge in [-0.05, 0) is 18.2 Å². The summed E-state index contributed by atoms with van der Waals surface area (Å²) in [5, 5.41) is 9.65. The van der Waals surface area contributed by atoms with Crippen molar-refractivity contribution in [1.82, 2.24) is 4.98 Å². The Hall–Kier alpha value is -2.37. The Morgan fingerprint density at radius 2 is 2.05 bits per heavy atom. The number of carbonyl (C=O) groups excluding carboxylic acids is 1. The number of aromatic hydroxyl groups is 1. The zero-order chi connectivity index (χ0) is 15.6. The fourth-order valence-electron chi connectivity index (χ4n) is 1.65. The third-order valence-corrected chi connectivity index (χ3v) is 2.89. The molecule has 1 N–H and O–H groups in total. The van der Waals surface area contributed by atoms with Crippen LogP contribution in [0.25, 0.3) is 11.3 Å². The van der Waals surface area contributed by atoms with Gasteiger partial charge in [-0.25, -0.2) is 4.79 Å². The molecule has 1 aromatic carbocycles. The van der Waals surface area contributed by atoms with Crippen molar-refractivity contribution in [3.63, 3.8) is 0 Å². The summed E-state index contributed by atoms with van der Waals surface area (Å²) in [5.41, 5.74) is -1.08. The molecule has 0 atom stereocenters. The van der Waals surface area contributed by atoms with Gasteiger partial charge in [-0.2, -0.15) is 18.2 Å². The molecular weight excluding hydrogens is 309 g/mol. The molecule has 0 aliphatic carbocycles. The van der Waals surface area contributed by atoms with Crippen molar-refractivity contribution in [2.45, 2.75) is 6.18 Å². The molecular formula is C13H6ClF3N2O2. The number of rotatable bonds is 2. The highest BCUT2D eigenvalue weighted by molar-refractivity contribution is 6.33. The number of phenolic OH excluding ortho intramolecular Hbond substituents is 1. The van der Waals surface area contributed by atoms with Crippen LogP contribution in [0.3, 0.4) is 0 Å². The molecule has 0 spiro atoms. The number of alkyl halides is 3. The summed E-state index contributed by atoms with van der Waals surface area (Å²) < 4.78 is 37.6. The molecule has 0 unspecified atom stereocenters. The summed E-state index contributed by atoms with van der Waals surface area (Å²) in [4.78, 5) is 17.1. The Morgan fingerprint density at radius 3 is 2.62 bits per heavy atom. The molecule has 0 saturated carbocycles. The molecule has 0 bridgehead atoms. The average Bonchev–Trinajstić information content (AvgIpc) is 2.41. The number of phenols is 1. The third kappa shape index (κ3) is 3.04. The lowest BCUT2D eigenvalue weighted by atomic mass is 10.1. The Bertz CT molecular complexity index is 741. The van der Waals surface area contributed by atoms with Gasteiger partial charge in [-0.3, -0.25) is 4.98 Å². The minimum absolute atomic E-state index is 0.0508. The second kappa shape index (κ2) is 5.55. The minimum atomic E-state index is -4.57. The lowest BCUT2D eigenvalue weighted by molar-refractivity contribution is -0.137. The van der Waals surface area contributed by atoms with Gasteiger partial charge >= 0.3 is 6.18 Å². The Labute approximate surface area is 121 Å². The number of aromatic nitrogens is 1. The van der Waals surface area contributed by atoms with E-state index in [1.54, 1.807) is 0 Å². The van der Waals surface area contributed by atoms with E-state index >= 15 is 0 Å². The standard InChI is InChI=1S/C13H6ClF3N2O2/c14-9-4-7(13(15,16)17)5-18-11(9)8-2-1-3-10(12(8)21)19-6-20/h1-5,21H. The second-order valence-corrected chi connectivity index (χ2v) is 4.34. The van der Waals surface area contributed by atoms with Crippen LogP contribution >= 0.6 is 11.6 Å². The van der Waals surface area contributed by atoms with E-state index in [-0.39, 0.29) is 22.0 Å². The first-order chi connectivity index (χ1) is 9.84. The third-order valence-electron chi connectivity index (χ3n) is 2.60. The monoisotopic (exact) mass is 314 g/mol. The van der Waals surface area contributed by atoms with Gasteiger partial charge in [0, 0.05) is 11.8 Å². The number of para-hydroxylation sites is 1. The van der Waals surface area contributed by atoms with Crippen LogP contribution in [-0.2, 0) is 11.0 Å².